The van der Waals surface area contributed by atoms with E-state index in [1.54, 1.807) is 33.9 Å². The predicted molar refractivity (Wildman–Crippen MR) is 201 cm³/mol. The lowest BCUT2D eigenvalue weighted by Gasteiger charge is -2.33. The van der Waals surface area contributed by atoms with Crippen molar-refractivity contribution in [3.8, 4) is 22.6 Å². The number of hydrogen-bond acceptors (Lipinski definition) is 8. The number of aryl methyl sites for hydroxylation is 1. The van der Waals surface area contributed by atoms with E-state index in [2.05, 4.69) is 33.9 Å². The Balaban J connectivity index is 1.69. The lowest BCUT2D eigenvalue weighted by molar-refractivity contribution is -0.128. The normalized spacial score (nSPS) is 15.1. The third-order valence-electron chi connectivity index (χ3n) is 9.15. The van der Waals surface area contributed by atoms with Gasteiger partial charge >= 0.3 is 0 Å². The number of hydrogen-bond donors (Lipinski definition) is 1. The van der Waals surface area contributed by atoms with Crippen LogP contribution in [0.2, 0.25) is 10.0 Å². The van der Waals surface area contributed by atoms with Crippen LogP contribution in [-0.2, 0) is 11.3 Å². The molecule has 270 valence electrons. The van der Waals surface area contributed by atoms with Crippen LogP contribution in [0.4, 0.5) is 5.95 Å². The van der Waals surface area contributed by atoms with Crippen molar-refractivity contribution >= 4 is 46.1 Å². The summed E-state index contributed by atoms with van der Waals surface area (Å²) in [6.45, 7) is 21.0. The molecule has 3 heterocycles. The molecule has 0 radical (unpaired) electrons. The molecular weight excluding hydrogens is 677 g/mol. The third-order valence-corrected chi connectivity index (χ3v) is 9.90. The highest BCUT2D eigenvalue weighted by atomic mass is 35.5. The number of likely N-dealkylation sites (tertiary alicyclic amines) is 1. The van der Waals surface area contributed by atoms with E-state index in [9.17, 15) is 9.59 Å². The number of ether oxygens (including phenoxy) is 2. The van der Waals surface area contributed by atoms with Crippen LogP contribution in [0.15, 0.2) is 34.9 Å². The zero-order valence-electron chi connectivity index (χ0n) is 30.0. The Labute approximate surface area is 305 Å². The van der Waals surface area contributed by atoms with Gasteiger partial charge in [-0.1, -0.05) is 57.0 Å². The summed E-state index contributed by atoms with van der Waals surface area (Å²) in [5, 5.41) is 4.36. The van der Waals surface area contributed by atoms with Crippen molar-refractivity contribution in [3.63, 3.8) is 0 Å². The average Bonchev–Trinajstić information content (AvgIpc) is 3.12. The van der Waals surface area contributed by atoms with Crippen molar-refractivity contribution in [2.24, 2.45) is 11.8 Å². The fourth-order valence-electron chi connectivity index (χ4n) is 6.38. The van der Waals surface area contributed by atoms with Crippen LogP contribution in [0, 0.1) is 18.4 Å². The van der Waals surface area contributed by atoms with E-state index in [0.29, 0.717) is 66.6 Å². The molecule has 1 aliphatic heterocycles. The van der Waals surface area contributed by atoms with Crippen LogP contribution in [0.5, 0.6) is 11.5 Å². The number of nitrogens with one attached hydrogen (secondary N) is 1. The minimum atomic E-state index is -0.320. The van der Waals surface area contributed by atoms with Gasteiger partial charge in [0.25, 0.3) is 11.5 Å². The van der Waals surface area contributed by atoms with Crippen molar-refractivity contribution in [3.05, 3.63) is 61.9 Å². The second kappa shape index (κ2) is 18.4. The number of fused-ring (bicyclic) bond motifs is 1. The van der Waals surface area contributed by atoms with Gasteiger partial charge in [-0.2, -0.15) is 4.98 Å². The lowest BCUT2D eigenvalue weighted by atomic mass is 9.94. The maximum Gasteiger partial charge on any atom is 0.260 e. The van der Waals surface area contributed by atoms with E-state index >= 15 is 0 Å². The van der Waals surface area contributed by atoms with Crippen LogP contribution >= 0.6 is 23.2 Å². The number of unbranched alkanes of at least 4 members (excludes halogenated alkanes) is 1. The van der Waals surface area contributed by atoms with E-state index in [0.717, 1.165) is 45.3 Å². The fourth-order valence-corrected chi connectivity index (χ4v) is 7.09. The number of methoxy groups -OCH3 is 2. The van der Waals surface area contributed by atoms with Gasteiger partial charge in [-0.05, 0) is 69.6 Å². The molecule has 0 spiro atoms. The molecule has 1 fully saturated rings. The molecule has 1 atom stereocenters. The summed E-state index contributed by atoms with van der Waals surface area (Å²) in [7, 11) is 2.97. The van der Waals surface area contributed by atoms with Crippen molar-refractivity contribution in [2.45, 2.75) is 66.3 Å². The second-order valence-corrected chi connectivity index (χ2v) is 13.6. The van der Waals surface area contributed by atoms with Gasteiger partial charge in [0, 0.05) is 49.4 Å². The van der Waals surface area contributed by atoms with Gasteiger partial charge in [-0.25, -0.2) is 9.83 Å². The molecule has 1 aromatic carbocycles. The molecule has 1 saturated heterocycles. The molecule has 11 nitrogen and oxygen atoms in total. The van der Waals surface area contributed by atoms with Gasteiger partial charge in [-0.3, -0.25) is 14.2 Å². The van der Waals surface area contributed by atoms with Gasteiger partial charge < -0.3 is 24.6 Å². The number of nitrogens with zero attached hydrogens (tertiary/aromatic N) is 6. The zero-order chi connectivity index (χ0) is 36.4. The zero-order valence-corrected chi connectivity index (χ0v) is 31.5. The summed E-state index contributed by atoms with van der Waals surface area (Å²) < 4.78 is 12.6. The Kier molecular flexibility index (Phi) is 14.3. The standard InChI is InChI=1S/C37H49Cl2N7O4/c1-8-44(9-2)16-11-10-15-41-37-42-22-26-20-27(31-32(38)29(49-6)21-30(50-7)33(31)39)35(47)46(34(26)43-37)18-14-25-13-12-17-45(23-25)36(48)28(40-5)19-24(3)4/h19-22,24-25H,8-18,23H2,1-4,6-7H3,(H,41,42,43)/b28-19-. The molecule has 1 N–H and O–H groups in total. The lowest BCUT2D eigenvalue weighted by Crippen LogP contribution is -2.40. The van der Waals surface area contributed by atoms with Crippen molar-refractivity contribution in [2.75, 3.05) is 58.8 Å². The minimum absolute atomic E-state index is 0.0940. The number of rotatable bonds is 16. The summed E-state index contributed by atoms with van der Waals surface area (Å²) in [6.07, 6.45) is 7.76. The maximum atomic E-state index is 14.5. The third kappa shape index (κ3) is 9.27. The number of anilines is 1. The fraction of sp³-hybridized carbons (Fsp3) is 0.541. The molecule has 0 aliphatic carbocycles. The van der Waals surface area contributed by atoms with Gasteiger partial charge in [0.2, 0.25) is 11.6 Å². The first kappa shape index (κ1) is 38.9. The molecule has 4 rings (SSSR count). The number of aromatic nitrogens is 3. The summed E-state index contributed by atoms with van der Waals surface area (Å²) in [4.78, 5) is 44.8. The summed E-state index contributed by atoms with van der Waals surface area (Å²) >= 11 is 13.6. The molecule has 0 bridgehead atoms. The molecule has 1 unspecified atom stereocenters. The number of allylic oxidation sites excluding steroid dienone is 1. The number of halogens is 2. The van der Waals surface area contributed by atoms with Gasteiger partial charge in [0.1, 0.15) is 17.1 Å². The smallest absolute Gasteiger partial charge is 0.260 e. The first-order chi connectivity index (χ1) is 24.1. The SMILES string of the molecule is [C-]#[N+]/C(=C\C(C)C)C(=O)N1CCCC(CCn2c(=O)c(-c3c(Cl)c(OC)cc(OC)c3Cl)cc3cnc(NCCCCN(CC)CC)nc32)C1. The van der Waals surface area contributed by atoms with E-state index in [1.807, 2.05) is 13.8 Å². The first-order valence-corrected chi connectivity index (χ1v) is 18.2. The molecule has 50 heavy (non-hydrogen) atoms. The number of benzene rings is 1. The predicted octanol–water partition coefficient (Wildman–Crippen LogP) is 7.40. The molecule has 0 saturated carbocycles. The average molecular weight is 727 g/mol. The highest BCUT2D eigenvalue weighted by molar-refractivity contribution is 6.41. The van der Waals surface area contributed by atoms with Gasteiger partial charge in [-0.15, -0.1) is 0 Å². The number of pyridine rings is 1. The number of piperidine rings is 1. The van der Waals surface area contributed by atoms with Crippen LogP contribution in [0.3, 0.4) is 0 Å². The summed E-state index contributed by atoms with van der Waals surface area (Å²) in [5.74, 6) is 1.07. The quantitative estimate of drug-likeness (QED) is 0.0925. The largest absolute Gasteiger partial charge is 0.495 e. The monoisotopic (exact) mass is 725 g/mol. The Bertz CT molecular complexity index is 1750. The van der Waals surface area contributed by atoms with Crippen LogP contribution in [0.1, 0.15) is 59.8 Å². The van der Waals surface area contributed by atoms with Crippen molar-refractivity contribution < 1.29 is 14.3 Å². The number of amides is 1. The molecule has 13 heteroatoms. The number of carbonyl (C=O) groups excluding carboxylic acids is 1. The van der Waals surface area contributed by atoms with Crippen LogP contribution in [0.25, 0.3) is 27.0 Å². The molecule has 3 aromatic rings. The van der Waals surface area contributed by atoms with E-state index in [4.69, 9.17) is 44.2 Å². The number of carbonyl (C=O) groups is 1. The first-order valence-electron chi connectivity index (χ1n) is 17.4. The Morgan fingerprint density at radius 3 is 2.48 bits per heavy atom. The van der Waals surface area contributed by atoms with Crippen molar-refractivity contribution in [1.82, 2.24) is 24.3 Å². The topological polar surface area (TPSA) is 106 Å². The van der Waals surface area contributed by atoms with Gasteiger partial charge in [0.15, 0.2) is 0 Å². The molecule has 2 aromatic heterocycles. The van der Waals surface area contributed by atoms with Gasteiger partial charge in [0.05, 0.1) is 36.4 Å². The highest BCUT2D eigenvalue weighted by Gasteiger charge is 2.27. The Morgan fingerprint density at radius 1 is 1.16 bits per heavy atom. The summed E-state index contributed by atoms with van der Waals surface area (Å²) in [6, 6.07) is 3.30. The molecule has 1 amide bonds. The Hall–Kier alpha value is -3.85. The van der Waals surface area contributed by atoms with E-state index in [-0.39, 0.29) is 44.6 Å². The highest BCUT2D eigenvalue weighted by Crippen LogP contribution is 2.45. The minimum Gasteiger partial charge on any atom is -0.495 e. The van der Waals surface area contributed by atoms with Crippen LogP contribution in [-0.4, -0.2) is 83.7 Å². The summed E-state index contributed by atoms with van der Waals surface area (Å²) in [5.41, 5.74) is 0.896. The van der Waals surface area contributed by atoms with Crippen LogP contribution < -0.4 is 20.3 Å². The van der Waals surface area contributed by atoms with Crippen molar-refractivity contribution in [1.29, 1.82) is 0 Å². The van der Waals surface area contributed by atoms with E-state index < -0.39 is 0 Å². The second-order valence-electron chi connectivity index (χ2n) is 12.9. The van der Waals surface area contributed by atoms with E-state index in [1.165, 1.54) is 14.2 Å². The molecule has 1 aliphatic rings. The molecular formula is C37H49Cl2N7O4. The maximum absolute atomic E-state index is 14.5. The Morgan fingerprint density at radius 2 is 1.86 bits per heavy atom.